The second-order valence-corrected chi connectivity index (χ2v) is 10.1. The van der Waals surface area contributed by atoms with Crippen LogP contribution in [0.5, 0.6) is 11.6 Å². The van der Waals surface area contributed by atoms with E-state index in [2.05, 4.69) is 53.5 Å². The fourth-order valence-corrected chi connectivity index (χ4v) is 5.31. The first-order chi connectivity index (χ1) is 19.5. The molecule has 0 bridgehead atoms. The second kappa shape index (κ2) is 9.54. The Kier molecular flexibility index (Phi) is 5.71. The molecule has 0 spiro atoms. The molecule has 0 unspecified atom stereocenters. The molecule has 2 aromatic heterocycles. The third kappa shape index (κ3) is 4.12. The molecule has 5 aromatic carbocycles. The van der Waals surface area contributed by atoms with E-state index in [4.69, 9.17) is 14.1 Å². The number of ether oxygens (including phenoxy) is 1. The van der Waals surface area contributed by atoms with Crippen LogP contribution in [0.1, 0.15) is 13.8 Å². The van der Waals surface area contributed by atoms with Crippen LogP contribution in [0, 0.1) is 0 Å². The molecular weight excluding hydrogens is 496 g/mol. The molecule has 0 aliphatic rings. The van der Waals surface area contributed by atoms with Gasteiger partial charge in [-0.3, -0.25) is 0 Å². The second-order valence-electron chi connectivity index (χ2n) is 10.1. The van der Waals surface area contributed by atoms with E-state index < -0.39 is 0 Å². The van der Waals surface area contributed by atoms with Gasteiger partial charge in [0.1, 0.15) is 16.9 Å². The van der Waals surface area contributed by atoms with Gasteiger partial charge in [-0.25, -0.2) is 4.98 Å². The van der Waals surface area contributed by atoms with Gasteiger partial charge < -0.3 is 14.3 Å². The molecule has 40 heavy (non-hydrogen) atoms. The molecule has 7 rings (SSSR count). The van der Waals surface area contributed by atoms with Gasteiger partial charge in [0.25, 0.3) is 0 Å². The number of rotatable bonds is 5. The van der Waals surface area contributed by atoms with Crippen molar-refractivity contribution in [2.45, 2.75) is 20.0 Å². The molecule has 0 fully saturated rings. The summed E-state index contributed by atoms with van der Waals surface area (Å²) < 4.78 is 12.5. The molecule has 5 heteroatoms. The number of hydrogen-bond acceptors (Lipinski definition) is 5. The van der Waals surface area contributed by atoms with E-state index in [1.54, 1.807) is 18.2 Å². The van der Waals surface area contributed by atoms with Crippen molar-refractivity contribution >= 4 is 32.7 Å². The number of aromatic hydroxyl groups is 1. The molecule has 0 aliphatic heterocycles. The summed E-state index contributed by atoms with van der Waals surface area (Å²) in [6, 6.07) is 36.0. The molecule has 0 amide bonds. The minimum atomic E-state index is -0.0756. The Hall–Kier alpha value is -5.16. The number of benzene rings is 5. The molecule has 5 nitrogen and oxygen atoms in total. The molecule has 0 saturated heterocycles. The lowest BCUT2D eigenvalue weighted by atomic mass is 9.96. The van der Waals surface area contributed by atoms with Crippen molar-refractivity contribution in [3.8, 4) is 45.4 Å². The van der Waals surface area contributed by atoms with Crippen LogP contribution < -0.4 is 4.74 Å². The van der Waals surface area contributed by atoms with Crippen LogP contribution in [0.4, 0.5) is 0 Å². The topological polar surface area (TPSA) is 68.4 Å². The van der Waals surface area contributed by atoms with Crippen LogP contribution in [0.25, 0.3) is 66.5 Å². The predicted octanol–water partition coefficient (Wildman–Crippen LogP) is 9.02. The van der Waals surface area contributed by atoms with E-state index in [1.807, 2.05) is 56.3 Å². The maximum Gasteiger partial charge on any atom is 0.217 e. The summed E-state index contributed by atoms with van der Waals surface area (Å²) in [7, 11) is 0. The van der Waals surface area contributed by atoms with Crippen LogP contribution >= 0.6 is 0 Å². The molecule has 0 saturated carbocycles. The highest BCUT2D eigenvalue weighted by molar-refractivity contribution is 6.22. The number of phenolic OH excluding ortho intramolecular Hbond substituents is 1. The minimum Gasteiger partial charge on any atom is -0.507 e. The van der Waals surface area contributed by atoms with Gasteiger partial charge in [-0.15, -0.1) is 0 Å². The summed E-state index contributed by atoms with van der Waals surface area (Å²) in [5.74, 6) is 0.953. The van der Waals surface area contributed by atoms with Crippen molar-refractivity contribution in [2.75, 3.05) is 0 Å². The van der Waals surface area contributed by atoms with Gasteiger partial charge >= 0.3 is 0 Å². The Morgan fingerprint density at radius 3 is 2.20 bits per heavy atom. The molecule has 7 aromatic rings. The standard InChI is InChI=1S/C35H26N2O3/c1-21(2)39-33-20-29(36-35(37-33)26-14-8-9-15-30(26)38)28-19-32-34(25-13-7-6-12-24(25)28)27-17-16-23(18-31(27)40-32)22-10-4-3-5-11-22/h3-21,38H,1-2H3. The molecule has 0 atom stereocenters. The zero-order valence-corrected chi connectivity index (χ0v) is 22.1. The highest BCUT2D eigenvalue weighted by atomic mass is 16.5. The first-order valence-electron chi connectivity index (χ1n) is 13.3. The average Bonchev–Trinajstić information content (AvgIpc) is 3.35. The highest BCUT2D eigenvalue weighted by Gasteiger charge is 2.19. The lowest BCUT2D eigenvalue weighted by Crippen LogP contribution is -2.08. The predicted molar refractivity (Wildman–Crippen MR) is 161 cm³/mol. The van der Waals surface area contributed by atoms with Crippen molar-refractivity contribution in [1.29, 1.82) is 0 Å². The van der Waals surface area contributed by atoms with Crippen LogP contribution in [0.15, 0.2) is 114 Å². The average molecular weight is 523 g/mol. The molecule has 1 N–H and O–H groups in total. The smallest absolute Gasteiger partial charge is 0.217 e. The third-order valence-electron chi connectivity index (χ3n) is 7.07. The summed E-state index contributed by atoms with van der Waals surface area (Å²) >= 11 is 0. The third-order valence-corrected chi connectivity index (χ3v) is 7.07. The first kappa shape index (κ1) is 23.9. The lowest BCUT2D eigenvalue weighted by molar-refractivity contribution is 0.232. The van der Waals surface area contributed by atoms with Gasteiger partial charge in [-0.2, -0.15) is 4.98 Å². The van der Waals surface area contributed by atoms with Crippen molar-refractivity contribution in [3.05, 3.63) is 109 Å². The van der Waals surface area contributed by atoms with Gasteiger partial charge in [0.2, 0.25) is 5.88 Å². The van der Waals surface area contributed by atoms with E-state index in [0.29, 0.717) is 23.0 Å². The summed E-state index contributed by atoms with van der Waals surface area (Å²) in [6.45, 7) is 3.92. The van der Waals surface area contributed by atoms with E-state index in [-0.39, 0.29) is 11.9 Å². The molecule has 0 aliphatic carbocycles. The SMILES string of the molecule is CC(C)Oc1cc(-c2cc3oc4cc(-c5ccccc5)ccc4c3c3ccccc23)nc(-c2ccccc2O)n1. The van der Waals surface area contributed by atoms with E-state index >= 15 is 0 Å². The number of para-hydroxylation sites is 1. The monoisotopic (exact) mass is 522 g/mol. The molecule has 194 valence electrons. The lowest BCUT2D eigenvalue weighted by Gasteiger charge is -2.14. The zero-order chi connectivity index (χ0) is 27.2. The maximum atomic E-state index is 10.6. The maximum absolute atomic E-state index is 10.6. The number of nitrogens with zero attached hydrogens (tertiary/aromatic N) is 2. The largest absolute Gasteiger partial charge is 0.507 e. The first-order valence-corrected chi connectivity index (χ1v) is 13.3. The van der Waals surface area contributed by atoms with E-state index in [1.165, 1.54) is 0 Å². The number of phenols is 1. The van der Waals surface area contributed by atoms with Gasteiger partial charge in [0, 0.05) is 22.4 Å². The fourth-order valence-electron chi connectivity index (χ4n) is 5.31. The fraction of sp³-hybridized carbons (Fsp3) is 0.0857. The normalized spacial score (nSPS) is 11.6. The van der Waals surface area contributed by atoms with Gasteiger partial charge in [0.15, 0.2) is 5.82 Å². The summed E-state index contributed by atoms with van der Waals surface area (Å²) in [4.78, 5) is 9.54. The van der Waals surface area contributed by atoms with Crippen molar-refractivity contribution in [1.82, 2.24) is 9.97 Å². The number of aromatic nitrogens is 2. The van der Waals surface area contributed by atoms with Crippen LogP contribution in [0.3, 0.4) is 0 Å². The summed E-state index contributed by atoms with van der Waals surface area (Å²) in [5, 5.41) is 14.8. The summed E-state index contributed by atoms with van der Waals surface area (Å²) in [6.07, 6.45) is -0.0756. The Morgan fingerprint density at radius 1 is 0.650 bits per heavy atom. The van der Waals surface area contributed by atoms with Crippen LogP contribution in [-0.4, -0.2) is 21.2 Å². The Labute approximate surface area is 231 Å². The van der Waals surface area contributed by atoms with E-state index in [9.17, 15) is 5.11 Å². The van der Waals surface area contributed by atoms with Gasteiger partial charge in [-0.1, -0.05) is 72.8 Å². The van der Waals surface area contributed by atoms with Gasteiger partial charge in [-0.05, 0) is 66.1 Å². The van der Waals surface area contributed by atoms with Crippen LogP contribution in [0.2, 0.25) is 0 Å². The van der Waals surface area contributed by atoms with Crippen molar-refractivity contribution in [2.24, 2.45) is 0 Å². The van der Waals surface area contributed by atoms with Crippen molar-refractivity contribution < 1.29 is 14.3 Å². The Morgan fingerprint density at radius 2 is 1.40 bits per heavy atom. The zero-order valence-electron chi connectivity index (χ0n) is 22.1. The Bertz CT molecular complexity index is 2030. The quantitative estimate of drug-likeness (QED) is 0.244. The van der Waals surface area contributed by atoms with Gasteiger partial charge in [0.05, 0.1) is 17.4 Å². The van der Waals surface area contributed by atoms with Crippen molar-refractivity contribution in [3.63, 3.8) is 0 Å². The molecule has 0 radical (unpaired) electrons. The highest BCUT2D eigenvalue weighted by Crippen LogP contribution is 2.41. The number of hydrogen-bond donors (Lipinski definition) is 1. The van der Waals surface area contributed by atoms with E-state index in [0.717, 1.165) is 49.4 Å². The minimum absolute atomic E-state index is 0.0756. The number of fused-ring (bicyclic) bond motifs is 5. The molecule has 2 heterocycles. The van der Waals surface area contributed by atoms with Crippen LogP contribution in [-0.2, 0) is 0 Å². The molecular formula is C35H26N2O3. The number of furan rings is 1. The summed E-state index contributed by atoms with van der Waals surface area (Å²) in [5.41, 5.74) is 6.00. The Balaban J connectivity index is 1.48.